The van der Waals surface area contributed by atoms with E-state index in [1.54, 1.807) is 0 Å². The van der Waals surface area contributed by atoms with Gasteiger partial charge >= 0.3 is 6.09 Å². The number of ether oxygens (including phenoxy) is 1. The van der Waals surface area contributed by atoms with Crippen LogP contribution in [0.2, 0.25) is 0 Å². The minimum atomic E-state index is -3.46. The van der Waals surface area contributed by atoms with E-state index in [4.69, 9.17) is 4.74 Å². The Hall–Kier alpha value is -1.64. The monoisotopic (exact) mass is 452 g/mol. The van der Waals surface area contributed by atoms with Gasteiger partial charge in [-0.15, -0.1) is 0 Å². The van der Waals surface area contributed by atoms with Crippen LogP contribution in [0.5, 0.6) is 0 Å². The number of hydrogen-bond acceptors (Lipinski definition) is 4. The fourth-order valence-corrected chi connectivity index (χ4v) is 6.30. The molecular weight excluding hydrogens is 416 g/mol. The molecule has 174 valence electrons. The summed E-state index contributed by atoms with van der Waals surface area (Å²) in [5.41, 5.74) is 0.787. The SMILES string of the molecule is CCC1(CC)C[C@@H](NS(C)(=O)=O)[C@@H](COC2CCC(c3ccccc3)CC2)N1C(=O)O. The molecule has 1 saturated heterocycles. The molecule has 1 aromatic carbocycles. The Kier molecular flexibility index (Phi) is 7.65. The van der Waals surface area contributed by atoms with Gasteiger partial charge in [0.15, 0.2) is 0 Å². The zero-order chi connectivity index (χ0) is 22.6. The average Bonchev–Trinajstić information content (AvgIpc) is 3.05. The van der Waals surface area contributed by atoms with Gasteiger partial charge in [0.25, 0.3) is 0 Å². The molecule has 1 saturated carbocycles. The summed E-state index contributed by atoms with van der Waals surface area (Å²) in [6.07, 6.45) is 5.86. The fourth-order valence-electron chi connectivity index (χ4n) is 5.51. The first-order valence-electron chi connectivity index (χ1n) is 11.3. The largest absolute Gasteiger partial charge is 0.465 e. The summed E-state index contributed by atoms with van der Waals surface area (Å²) in [6, 6.07) is 9.51. The Balaban J connectivity index is 1.67. The predicted octanol–water partition coefficient (Wildman–Crippen LogP) is 3.96. The van der Waals surface area contributed by atoms with Crippen molar-refractivity contribution < 1.29 is 23.1 Å². The Labute approximate surface area is 186 Å². The van der Waals surface area contributed by atoms with E-state index < -0.39 is 33.7 Å². The van der Waals surface area contributed by atoms with Gasteiger partial charge in [0.05, 0.1) is 25.0 Å². The van der Waals surface area contributed by atoms with Gasteiger partial charge in [-0.25, -0.2) is 17.9 Å². The quantitative estimate of drug-likeness (QED) is 0.622. The number of rotatable bonds is 8. The zero-order valence-corrected chi connectivity index (χ0v) is 19.6. The molecule has 0 spiro atoms. The van der Waals surface area contributed by atoms with Crippen LogP contribution < -0.4 is 4.72 Å². The molecule has 1 heterocycles. The number of carbonyl (C=O) groups is 1. The highest BCUT2D eigenvalue weighted by Gasteiger charge is 2.53. The van der Waals surface area contributed by atoms with Crippen molar-refractivity contribution in [2.75, 3.05) is 12.9 Å². The van der Waals surface area contributed by atoms with Gasteiger partial charge in [-0.3, -0.25) is 4.90 Å². The number of carboxylic acid groups (broad SMARTS) is 1. The summed E-state index contributed by atoms with van der Waals surface area (Å²) in [5.74, 6) is 0.538. The summed E-state index contributed by atoms with van der Waals surface area (Å²) < 4.78 is 32.8. The van der Waals surface area contributed by atoms with Crippen LogP contribution in [-0.2, 0) is 14.8 Å². The number of nitrogens with zero attached hydrogens (tertiary/aromatic N) is 1. The standard InChI is InChI=1S/C23H36N2O5S/c1-4-23(5-2)15-20(24-31(3,28)29)21(25(23)22(26)27)16-30-19-13-11-18(12-14-19)17-9-7-6-8-10-17/h6-10,18-21,24H,4-5,11-16H2,1-3H3,(H,26,27)/t18?,19?,20-,21-/m1/s1. The van der Waals surface area contributed by atoms with E-state index in [0.717, 1.165) is 31.9 Å². The van der Waals surface area contributed by atoms with Crippen molar-refractivity contribution in [1.82, 2.24) is 9.62 Å². The summed E-state index contributed by atoms with van der Waals surface area (Å²) >= 11 is 0. The second-order valence-electron chi connectivity index (χ2n) is 9.07. The Bertz CT molecular complexity index is 833. The first-order valence-corrected chi connectivity index (χ1v) is 13.2. The maximum absolute atomic E-state index is 12.2. The summed E-state index contributed by atoms with van der Waals surface area (Å²) in [7, 11) is -3.46. The van der Waals surface area contributed by atoms with Gasteiger partial charge in [0.2, 0.25) is 10.0 Å². The Morgan fingerprint density at radius 2 is 1.77 bits per heavy atom. The molecule has 1 aliphatic carbocycles. The van der Waals surface area contributed by atoms with E-state index in [1.807, 2.05) is 19.9 Å². The minimum Gasteiger partial charge on any atom is -0.465 e. The maximum Gasteiger partial charge on any atom is 0.408 e. The molecule has 3 rings (SSSR count). The van der Waals surface area contributed by atoms with E-state index in [0.29, 0.717) is 25.2 Å². The van der Waals surface area contributed by atoms with Gasteiger partial charge in [-0.1, -0.05) is 44.2 Å². The second-order valence-corrected chi connectivity index (χ2v) is 10.8. The zero-order valence-electron chi connectivity index (χ0n) is 18.8. The van der Waals surface area contributed by atoms with Crippen LogP contribution in [0.15, 0.2) is 30.3 Å². The molecule has 8 heteroatoms. The number of sulfonamides is 1. The molecular formula is C23H36N2O5S. The van der Waals surface area contributed by atoms with Gasteiger partial charge < -0.3 is 9.84 Å². The smallest absolute Gasteiger partial charge is 0.408 e. The molecule has 0 radical (unpaired) electrons. The molecule has 31 heavy (non-hydrogen) atoms. The van der Waals surface area contributed by atoms with Crippen molar-refractivity contribution in [3.63, 3.8) is 0 Å². The molecule has 2 N–H and O–H groups in total. The fraction of sp³-hybridized carbons (Fsp3) is 0.696. The highest BCUT2D eigenvalue weighted by atomic mass is 32.2. The van der Waals surface area contributed by atoms with Gasteiger partial charge in [-0.05, 0) is 56.4 Å². The topological polar surface area (TPSA) is 95.9 Å². The van der Waals surface area contributed by atoms with Crippen LogP contribution in [-0.4, -0.2) is 61.1 Å². The molecule has 0 unspecified atom stereocenters. The van der Waals surface area contributed by atoms with Gasteiger partial charge in [0.1, 0.15) is 0 Å². The van der Waals surface area contributed by atoms with Crippen molar-refractivity contribution in [3.05, 3.63) is 35.9 Å². The third-order valence-electron chi connectivity index (χ3n) is 7.24. The number of likely N-dealkylation sites (tertiary alicyclic amines) is 1. The molecule has 1 aromatic rings. The van der Waals surface area contributed by atoms with E-state index in [9.17, 15) is 18.3 Å². The molecule has 1 amide bonds. The molecule has 0 bridgehead atoms. The van der Waals surface area contributed by atoms with Crippen molar-refractivity contribution in [1.29, 1.82) is 0 Å². The van der Waals surface area contributed by atoms with Crippen molar-refractivity contribution in [2.24, 2.45) is 0 Å². The van der Waals surface area contributed by atoms with Crippen LogP contribution in [0.3, 0.4) is 0 Å². The number of amides is 1. The maximum atomic E-state index is 12.2. The third-order valence-corrected chi connectivity index (χ3v) is 7.97. The summed E-state index contributed by atoms with van der Waals surface area (Å²) in [5, 5.41) is 9.99. The first-order chi connectivity index (χ1) is 14.7. The number of hydrogen-bond donors (Lipinski definition) is 2. The lowest BCUT2D eigenvalue weighted by atomic mass is 9.83. The number of nitrogens with one attached hydrogen (secondary N) is 1. The van der Waals surface area contributed by atoms with Crippen molar-refractivity contribution >= 4 is 16.1 Å². The van der Waals surface area contributed by atoms with Crippen LogP contribution >= 0.6 is 0 Å². The summed E-state index contributed by atoms with van der Waals surface area (Å²) in [6.45, 7) is 4.14. The van der Waals surface area contributed by atoms with E-state index in [-0.39, 0.29) is 12.7 Å². The minimum absolute atomic E-state index is 0.0766. The van der Waals surface area contributed by atoms with Crippen LogP contribution in [0.4, 0.5) is 4.79 Å². The van der Waals surface area contributed by atoms with Gasteiger partial charge in [-0.2, -0.15) is 0 Å². The Morgan fingerprint density at radius 1 is 1.16 bits per heavy atom. The molecule has 1 aliphatic heterocycles. The van der Waals surface area contributed by atoms with Crippen LogP contribution in [0.1, 0.15) is 70.3 Å². The lowest BCUT2D eigenvalue weighted by Gasteiger charge is -2.38. The van der Waals surface area contributed by atoms with E-state index in [2.05, 4.69) is 29.0 Å². The van der Waals surface area contributed by atoms with Crippen LogP contribution in [0.25, 0.3) is 0 Å². The number of benzene rings is 1. The van der Waals surface area contributed by atoms with Crippen molar-refractivity contribution in [2.45, 2.75) is 88.4 Å². The lowest BCUT2D eigenvalue weighted by molar-refractivity contribution is -0.0173. The molecule has 2 aliphatic rings. The highest BCUT2D eigenvalue weighted by molar-refractivity contribution is 7.88. The highest BCUT2D eigenvalue weighted by Crippen LogP contribution is 2.41. The van der Waals surface area contributed by atoms with E-state index in [1.165, 1.54) is 10.5 Å². The molecule has 2 fully saturated rings. The van der Waals surface area contributed by atoms with Crippen molar-refractivity contribution in [3.8, 4) is 0 Å². The predicted molar refractivity (Wildman–Crippen MR) is 121 cm³/mol. The molecule has 0 aromatic heterocycles. The Morgan fingerprint density at radius 3 is 2.29 bits per heavy atom. The normalized spacial score (nSPS) is 28.5. The first kappa shape index (κ1) is 24.0. The average molecular weight is 453 g/mol. The van der Waals surface area contributed by atoms with E-state index >= 15 is 0 Å². The second kappa shape index (κ2) is 9.88. The lowest BCUT2D eigenvalue weighted by Crippen LogP contribution is -2.53. The molecule has 2 atom stereocenters. The third kappa shape index (κ3) is 5.59. The van der Waals surface area contributed by atoms with Gasteiger partial charge in [0, 0.05) is 11.6 Å². The van der Waals surface area contributed by atoms with Crippen LogP contribution in [0, 0.1) is 0 Å². The molecule has 7 nitrogen and oxygen atoms in total. The summed E-state index contributed by atoms with van der Waals surface area (Å²) in [4.78, 5) is 13.7.